The molecule has 2 aromatic heterocycles. The maximum Gasteiger partial charge on any atom is 0.435 e. The van der Waals surface area contributed by atoms with E-state index >= 15 is 0 Å². The molecule has 268 valence electrons. The summed E-state index contributed by atoms with van der Waals surface area (Å²) in [5.41, 5.74) is -1.96. The summed E-state index contributed by atoms with van der Waals surface area (Å²) in [6.45, 7) is -0.879. The van der Waals surface area contributed by atoms with Crippen molar-refractivity contribution in [2.75, 3.05) is 31.5 Å². The molecule has 2 fully saturated rings. The maximum atomic E-state index is 13.6. The van der Waals surface area contributed by atoms with Gasteiger partial charge in [0.05, 0.1) is 34.5 Å². The second kappa shape index (κ2) is 15.3. The lowest BCUT2D eigenvalue weighted by Crippen LogP contribution is -2.55. The fourth-order valence-electron chi connectivity index (χ4n) is 5.46. The molecule has 15 nitrogen and oxygen atoms in total. The first kappa shape index (κ1) is 37.2. The van der Waals surface area contributed by atoms with Crippen molar-refractivity contribution in [2.45, 2.75) is 55.5 Å². The zero-order chi connectivity index (χ0) is 36.1. The summed E-state index contributed by atoms with van der Waals surface area (Å²) in [6, 6.07) is 4.55. The smallest absolute Gasteiger partial charge is 0.435 e. The fourth-order valence-corrected chi connectivity index (χ4v) is 6.88. The van der Waals surface area contributed by atoms with Crippen LogP contribution >= 0.6 is 0 Å². The Balaban J connectivity index is 0.00000174. The van der Waals surface area contributed by atoms with Gasteiger partial charge in [-0.3, -0.25) is 14.3 Å². The molecule has 49 heavy (non-hydrogen) atoms. The number of aliphatic hydroxyl groups is 1. The number of sulfonamides is 1. The van der Waals surface area contributed by atoms with Gasteiger partial charge in [-0.25, -0.2) is 27.0 Å². The Labute approximate surface area is 276 Å². The molecule has 1 aliphatic heterocycles. The zero-order valence-electron chi connectivity index (χ0n) is 25.8. The molecule has 3 amide bonds. The molecule has 3 aromatic rings. The summed E-state index contributed by atoms with van der Waals surface area (Å²) < 4.78 is 95.6. The summed E-state index contributed by atoms with van der Waals surface area (Å²) in [4.78, 5) is 39.2. The molecular formula is C28H33F5N8O7S. The number of carboxylic acid groups (broad SMARTS) is 1. The van der Waals surface area contributed by atoms with E-state index in [2.05, 4.69) is 20.7 Å². The molecule has 5 rings (SSSR count). The van der Waals surface area contributed by atoms with Crippen LogP contribution < -0.4 is 10.6 Å². The third-order valence-corrected chi connectivity index (χ3v) is 9.80. The van der Waals surface area contributed by atoms with Crippen molar-refractivity contribution in [1.82, 2.24) is 33.9 Å². The number of hydrogen-bond donors (Lipinski definition) is 4. The van der Waals surface area contributed by atoms with Gasteiger partial charge in [0.15, 0.2) is 11.5 Å². The van der Waals surface area contributed by atoms with Crippen molar-refractivity contribution >= 4 is 34.1 Å². The van der Waals surface area contributed by atoms with Gasteiger partial charge in [0.2, 0.25) is 10.0 Å². The van der Waals surface area contributed by atoms with Gasteiger partial charge in [-0.15, -0.1) is 0 Å². The van der Waals surface area contributed by atoms with Crippen molar-refractivity contribution in [1.29, 1.82) is 0 Å². The van der Waals surface area contributed by atoms with E-state index in [1.807, 2.05) is 0 Å². The van der Waals surface area contributed by atoms with Gasteiger partial charge in [-0.1, -0.05) is 0 Å². The number of amides is 3. The highest BCUT2D eigenvalue weighted by Crippen LogP contribution is 2.36. The minimum Gasteiger partial charge on any atom is -0.483 e. The average Bonchev–Trinajstić information content (AvgIpc) is 3.75. The SMILES string of the molecule is Cn1c(-c2cn(CC(F)F)nc2C(F)(F)F)cnc1C(=O)Nc1ccc(S(=O)(=O)N2CCN(C(=O)N[C@@H]3CCC[C@H]3O)CC2)cc1.O=CO. The third-order valence-electron chi connectivity index (χ3n) is 7.89. The van der Waals surface area contributed by atoms with Crippen LogP contribution in [0.4, 0.5) is 32.4 Å². The van der Waals surface area contributed by atoms with E-state index in [0.29, 0.717) is 17.5 Å². The number of aliphatic hydroxyl groups excluding tert-OH is 1. The van der Waals surface area contributed by atoms with Crippen molar-refractivity contribution in [2.24, 2.45) is 7.05 Å². The Morgan fingerprint density at radius 2 is 1.73 bits per heavy atom. The minimum absolute atomic E-state index is 0.0556. The van der Waals surface area contributed by atoms with E-state index < -0.39 is 52.4 Å². The molecule has 1 aliphatic carbocycles. The Morgan fingerprint density at radius 3 is 2.29 bits per heavy atom. The van der Waals surface area contributed by atoms with E-state index in [4.69, 9.17) is 9.90 Å². The quantitative estimate of drug-likeness (QED) is 0.200. The van der Waals surface area contributed by atoms with E-state index in [1.54, 1.807) is 0 Å². The molecule has 1 aromatic carbocycles. The number of halogens is 5. The topological polar surface area (TPSA) is 192 Å². The Kier molecular flexibility index (Phi) is 11.6. The minimum atomic E-state index is -4.96. The lowest BCUT2D eigenvalue weighted by atomic mass is 10.2. The number of anilines is 1. The summed E-state index contributed by atoms with van der Waals surface area (Å²) in [7, 11) is -2.66. The van der Waals surface area contributed by atoms with Crippen LogP contribution in [0.15, 0.2) is 41.6 Å². The Morgan fingerprint density at radius 1 is 1.10 bits per heavy atom. The lowest BCUT2D eigenvalue weighted by Gasteiger charge is -2.34. The molecule has 2 aliphatic rings. The fraction of sp³-hybridized carbons (Fsp3) is 0.464. The number of benzene rings is 1. The van der Waals surface area contributed by atoms with Gasteiger partial charge in [-0.05, 0) is 43.5 Å². The number of nitrogens with one attached hydrogen (secondary N) is 2. The van der Waals surface area contributed by atoms with E-state index in [9.17, 15) is 45.1 Å². The standard InChI is InChI=1S/C27H31F5N8O5S.CH2O2/c1-37-20(18-14-39(15-22(28)29)36-23(18)27(30,31)32)13-33-24(37)25(42)34-16-5-7-17(8-6-16)46(44,45)40-11-9-38(10-12-40)26(43)35-19-3-2-4-21(19)41;2-1-3/h5-8,13-14,19,21-22,41H,2-4,9-12,15H2,1H3,(H,34,42)(H,35,43);1H,(H,2,3)/t19-,21-;/m1./s1. The molecule has 0 spiro atoms. The molecular weight excluding hydrogens is 687 g/mol. The first-order valence-corrected chi connectivity index (χ1v) is 16.2. The van der Waals surface area contributed by atoms with E-state index in [0.717, 1.165) is 23.4 Å². The van der Waals surface area contributed by atoms with Crippen LogP contribution in [-0.2, 0) is 34.6 Å². The Bertz CT molecular complexity index is 1740. The Hall–Kier alpha value is -4.63. The molecule has 0 radical (unpaired) electrons. The van der Waals surface area contributed by atoms with Crippen LogP contribution in [-0.4, -0.2) is 110 Å². The van der Waals surface area contributed by atoms with Gasteiger partial charge in [0, 0.05) is 45.1 Å². The van der Waals surface area contributed by atoms with E-state index in [1.165, 1.54) is 40.5 Å². The number of alkyl halides is 5. The highest BCUT2D eigenvalue weighted by molar-refractivity contribution is 7.89. The first-order chi connectivity index (χ1) is 23.1. The first-order valence-electron chi connectivity index (χ1n) is 14.7. The summed E-state index contributed by atoms with van der Waals surface area (Å²) in [5, 5.41) is 25.4. The lowest BCUT2D eigenvalue weighted by molar-refractivity contribution is -0.141. The van der Waals surface area contributed by atoms with Crippen LogP contribution in [0.3, 0.4) is 0 Å². The van der Waals surface area contributed by atoms with Crippen molar-refractivity contribution < 1.29 is 55.0 Å². The molecule has 0 bridgehead atoms. The zero-order valence-corrected chi connectivity index (χ0v) is 26.7. The number of piperazine rings is 1. The predicted molar refractivity (Wildman–Crippen MR) is 161 cm³/mol. The van der Waals surface area contributed by atoms with Crippen LogP contribution in [0, 0.1) is 0 Å². The number of carbonyl (C=O) groups excluding carboxylic acids is 2. The molecule has 3 heterocycles. The summed E-state index contributed by atoms with van der Waals surface area (Å²) in [5.74, 6) is -1.12. The summed E-state index contributed by atoms with van der Waals surface area (Å²) in [6.07, 6.45) is -4.57. The number of aromatic nitrogens is 4. The van der Waals surface area contributed by atoms with Gasteiger partial charge in [0.1, 0.15) is 6.54 Å². The highest BCUT2D eigenvalue weighted by atomic mass is 32.2. The van der Waals surface area contributed by atoms with Gasteiger partial charge in [0.25, 0.3) is 18.8 Å². The predicted octanol–water partition coefficient (Wildman–Crippen LogP) is 2.45. The number of rotatable bonds is 8. The average molecular weight is 721 g/mol. The number of carbonyl (C=O) groups is 3. The molecule has 1 saturated heterocycles. The monoisotopic (exact) mass is 720 g/mol. The molecule has 4 N–H and O–H groups in total. The van der Waals surface area contributed by atoms with Crippen molar-refractivity contribution in [3.8, 4) is 11.3 Å². The number of hydrogen-bond acceptors (Lipinski definition) is 8. The number of nitrogens with zero attached hydrogens (tertiary/aromatic N) is 6. The molecule has 0 unspecified atom stereocenters. The summed E-state index contributed by atoms with van der Waals surface area (Å²) >= 11 is 0. The molecule has 2 atom stereocenters. The highest BCUT2D eigenvalue weighted by Gasteiger charge is 2.39. The van der Waals surface area contributed by atoms with Crippen LogP contribution in [0.1, 0.15) is 35.6 Å². The number of urea groups is 1. The second-order valence-electron chi connectivity index (χ2n) is 11.1. The van der Waals surface area contributed by atoms with Crippen LogP contribution in [0.2, 0.25) is 0 Å². The van der Waals surface area contributed by atoms with E-state index in [-0.39, 0.29) is 66.8 Å². The van der Waals surface area contributed by atoms with Crippen molar-refractivity contribution in [3.05, 3.63) is 48.2 Å². The van der Waals surface area contributed by atoms with Gasteiger partial charge < -0.3 is 30.3 Å². The molecule has 21 heteroatoms. The van der Waals surface area contributed by atoms with Gasteiger partial charge >= 0.3 is 12.2 Å². The maximum absolute atomic E-state index is 13.6. The largest absolute Gasteiger partial charge is 0.483 e. The normalized spacial score (nSPS) is 18.6. The van der Waals surface area contributed by atoms with Crippen LogP contribution in [0.25, 0.3) is 11.3 Å². The van der Waals surface area contributed by atoms with Crippen molar-refractivity contribution in [3.63, 3.8) is 0 Å². The third kappa shape index (κ3) is 8.70. The molecule has 1 saturated carbocycles. The number of imidazole rings is 1. The van der Waals surface area contributed by atoms with Gasteiger partial charge in [-0.2, -0.15) is 22.6 Å². The second-order valence-corrected chi connectivity index (χ2v) is 13.0. The van der Waals surface area contributed by atoms with Crippen LogP contribution in [0.5, 0.6) is 0 Å².